The van der Waals surface area contributed by atoms with Crippen molar-refractivity contribution in [1.82, 2.24) is 14.9 Å². The fourth-order valence-corrected chi connectivity index (χ4v) is 4.96. The van der Waals surface area contributed by atoms with Gasteiger partial charge in [0.15, 0.2) is 0 Å². The highest BCUT2D eigenvalue weighted by Gasteiger charge is 2.31. The number of piperazine rings is 1. The van der Waals surface area contributed by atoms with Crippen LogP contribution in [-0.4, -0.2) is 59.3 Å². The summed E-state index contributed by atoms with van der Waals surface area (Å²) >= 11 is 3.46. The van der Waals surface area contributed by atoms with Crippen LogP contribution in [0.3, 0.4) is 0 Å². The first-order valence-electron chi connectivity index (χ1n) is 12.0. The van der Waals surface area contributed by atoms with E-state index in [1.807, 2.05) is 49.4 Å². The van der Waals surface area contributed by atoms with Gasteiger partial charge in [-0.3, -0.25) is 4.90 Å². The number of aliphatic hydroxyl groups excluding tert-OH is 1. The molecule has 3 heterocycles. The Morgan fingerprint density at radius 3 is 2.59 bits per heavy atom. The van der Waals surface area contributed by atoms with Crippen LogP contribution >= 0.6 is 15.9 Å². The number of nitrogens with zero attached hydrogens (tertiary/aromatic N) is 5. The molecule has 1 atom stereocenters. The SMILES string of the molecule is Cc1nc(Oc2ccc3c(c2)OC(N)=C(C#N)C3c2ccc(Br)cc2)cc(N2CCN(CCO)CC2)n1. The van der Waals surface area contributed by atoms with E-state index < -0.39 is 0 Å². The summed E-state index contributed by atoms with van der Waals surface area (Å²) < 4.78 is 12.9. The molecular weight excluding hydrogens is 536 g/mol. The molecule has 9 nitrogen and oxygen atoms in total. The molecule has 2 aromatic carbocycles. The number of hydrogen-bond donors (Lipinski definition) is 2. The lowest BCUT2D eigenvalue weighted by molar-refractivity contribution is 0.188. The molecule has 3 aromatic rings. The van der Waals surface area contributed by atoms with Crippen molar-refractivity contribution >= 4 is 21.7 Å². The van der Waals surface area contributed by atoms with E-state index in [1.54, 1.807) is 6.07 Å². The van der Waals surface area contributed by atoms with Crippen molar-refractivity contribution < 1.29 is 14.6 Å². The quantitative estimate of drug-likeness (QED) is 0.463. The molecule has 37 heavy (non-hydrogen) atoms. The van der Waals surface area contributed by atoms with E-state index in [2.05, 4.69) is 41.8 Å². The molecule has 1 unspecified atom stereocenters. The molecule has 0 aliphatic carbocycles. The normalized spacial score (nSPS) is 17.7. The Morgan fingerprint density at radius 1 is 1.14 bits per heavy atom. The van der Waals surface area contributed by atoms with E-state index in [0.717, 1.165) is 47.6 Å². The largest absolute Gasteiger partial charge is 0.440 e. The lowest BCUT2D eigenvalue weighted by Gasteiger charge is -2.35. The Labute approximate surface area is 223 Å². The molecule has 0 bridgehead atoms. The number of nitrogens with two attached hydrogens (primary N) is 1. The average molecular weight is 563 g/mol. The molecule has 1 fully saturated rings. The number of β-amino-alcohol motifs (C(OH)–C–C–N with tert-alkyl or cyclic N) is 1. The maximum atomic E-state index is 9.79. The van der Waals surface area contributed by atoms with Gasteiger partial charge in [0.2, 0.25) is 11.8 Å². The molecule has 0 spiro atoms. The number of halogens is 1. The number of aryl methyl sites for hydroxylation is 1. The predicted molar refractivity (Wildman–Crippen MR) is 142 cm³/mol. The molecule has 2 aliphatic heterocycles. The minimum absolute atomic E-state index is 0.0839. The Hall–Kier alpha value is -3.65. The summed E-state index contributed by atoms with van der Waals surface area (Å²) in [5.41, 5.74) is 8.31. The minimum Gasteiger partial charge on any atom is -0.440 e. The number of aliphatic hydroxyl groups is 1. The van der Waals surface area contributed by atoms with Gasteiger partial charge in [-0.25, -0.2) is 4.98 Å². The first kappa shape index (κ1) is 25.0. The summed E-state index contributed by atoms with van der Waals surface area (Å²) in [6, 6.07) is 17.4. The zero-order chi connectivity index (χ0) is 25.9. The number of ether oxygens (including phenoxy) is 2. The predicted octanol–water partition coefficient (Wildman–Crippen LogP) is 3.67. The summed E-state index contributed by atoms with van der Waals surface area (Å²) in [6.07, 6.45) is 0. The molecule has 2 aliphatic rings. The maximum absolute atomic E-state index is 9.79. The van der Waals surface area contributed by atoms with E-state index in [4.69, 9.17) is 15.2 Å². The number of benzene rings is 2. The van der Waals surface area contributed by atoms with Gasteiger partial charge in [0.05, 0.1) is 12.5 Å². The van der Waals surface area contributed by atoms with Gasteiger partial charge in [0.25, 0.3) is 0 Å². The van der Waals surface area contributed by atoms with Gasteiger partial charge < -0.3 is 25.2 Å². The Bertz CT molecular complexity index is 1360. The fraction of sp³-hybridized carbons (Fsp3) is 0.296. The third-order valence-electron chi connectivity index (χ3n) is 6.53. The molecule has 5 rings (SSSR count). The van der Waals surface area contributed by atoms with Crippen LogP contribution in [0.15, 0.2) is 64.5 Å². The number of anilines is 1. The van der Waals surface area contributed by atoms with Gasteiger partial charge in [-0.15, -0.1) is 0 Å². The molecule has 3 N–H and O–H groups in total. The summed E-state index contributed by atoms with van der Waals surface area (Å²) in [5, 5.41) is 19.0. The highest BCUT2D eigenvalue weighted by molar-refractivity contribution is 9.10. The standard InChI is InChI=1S/C27H27BrN6O3/c1-17-31-24(34-10-8-33(9-11-34)12-13-35)15-25(32-17)36-20-6-7-21-23(14-20)37-27(30)22(16-29)26(21)18-2-4-19(28)5-3-18/h2-7,14-15,26,35H,8-13,30H2,1H3. The van der Waals surface area contributed by atoms with Crippen molar-refractivity contribution in [2.24, 2.45) is 5.73 Å². The average Bonchev–Trinajstić information content (AvgIpc) is 2.89. The first-order chi connectivity index (χ1) is 17.9. The van der Waals surface area contributed by atoms with Gasteiger partial charge in [0, 0.05) is 54.9 Å². The van der Waals surface area contributed by atoms with E-state index in [0.29, 0.717) is 35.3 Å². The molecule has 0 saturated carbocycles. The van der Waals surface area contributed by atoms with Crippen LogP contribution < -0.4 is 20.1 Å². The highest BCUT2D eigenvalue weighted by Crippen LogP contribution is 2.44. The molecule has 10 heteroatoms. The summed E-state index contributed by atoms with van der Waals surface area (Å²) in [5.74, 6) is 2.67. The van der Waals surface area contributed by atoms with Crippen molar-refractivity contribution in [2.75, 3.05) is 44.2 Å². The molecule has 1 saturated heterocycles. The molecule has 0 radical (unpaired) electrons. The Balaban J connectivity index is 1.40. The van der Waals surface area contributed by atoms with E-state index >= 15 is 0 Å². The van der Waals surface area contributed by atoms with Crippen LogP contribution in [-0.2, 0) is 0 Å². The molecular formula is C27H27BrN6O3. The van der Waals surface area contributed by atoms with Crippen molar-refractivity contribution in [2.45, 2.75) is 12.8 Å². The van der Waals surface area contributed by atoms with Crippen LogP contribution in [0, 0.1) is 18.3 Å². The number of nitriles is 1. The zero-order valence-electron chi connectivity index (χ0n) is 20.4. The van der Waals surface area contributed by atoms with Crippen molar-refractivity contribution in [3.05, 3.63) is 81.4 Å². The van der Waals surface area contributed by atoms with Gasteiger partial charge in [-0.05, 0) is 30.7 Å². The van der Waals surface area contributed by atoms with Crippen molar-refractivity contribution in [1.29, 1.82) is 5.26 Å². The number of allylic oxidation sites excluding steroid dienone is 1. The summed E-state index contributed by atoms with van der Waals surface area (Å²) in [6.45, 7) is 6.04. The molecule has 1 aromatic heterocycles. The van der Waals surface area contributed by atoms with Gasteiger partial charge in [-0.1, -0.05) is 34.1 Å². The molecule has 0 amide bonds. The van der Waals surface area contributed by atoms with Crippen LogP contribution in [0.4, 0.5) is 5.82 Å². The topological polar surface area (TPSA) is 121 Å². The Kier molecular flexibility index (Phi) is 7.28. The fourth-order valence-electron chi connectivity index (χ4n) is 4.70. The second-order valence-electron chi connectivity index (χ2n) is 8.94. The van der Waals surface area contributed by atoms with Crippen LogP contribution in [0.2, 0.25) is 0 Å². The monoisotopic (exact) mass is 562 g/mol. The van der Waals surface area contributed by atoms with Gasteiger partial charge in [0.1, 0.15) is 34.8 Å². The zero-order valence-corrected chi connectivity index (χ0v) is 22.0. The lowest BCUT2D eigenvalue weighted by atomic mass is 9.83. The van der Waals surface area contributed by atoms with Crippen LogP contribution in [0.5, 0.6) is 17.4 Å². The smallest absolute Gasteiger partial charge is 0.224 e. The van der Waals surface area contributed by atoms with Gasteiger partial charge in [-0.2, -0.15) is 10.2 Å². The van der Waals surface area contributed by atoms with E-state index in [-0.39, 0.29) is 18.4 Å². The van der Waals surface area contributed by atoms with E-state index in [1.165, 1.54) is 0 Å². The van der Waals surface area contributed by atoms with Gasteiger partial charge >= 0.3 is 0 Å². The van der Waals surface area contributed by atoms with Crippen LogP contribution in [0.1, 0.15) is 22.9 Å². The Morgan fingerprint density at radius 2 is 1.89 bits per heavy atom. The van der Waals surface area contributed by atoms with Crippen molar-refractivity contribution in [3.63, 3.8) is 0 Å². The number of aromatic nitrogens is 2. The van der Waals surface area contributed by atoms with Crippen molar-refractivity contribution in [3.8, 4) is 23.4 Å². The third kappa shape index (κ3) is 5.39. The summed E-state index contributed by atoms with van der Waals surface area (Å²) in [7, 11) is 0. The van der Waals surface area contributed by atoms with Crippen LogP contribution in [0.25, 0.3) is 0 Å². The highest BCUT2D eigenvalue weighted by atomic mass is 79.9. The maximum Gasteiger partial charge on any atom is 0.224 e. The lowest BCUT2D eigenvalue weighted by Crippen LogP contribution is -2.47. The number of fused-ring (bicyclic) bond motifs is 1. The third-order valence-corrected chi connectivity index (χ3v) is 7.06. The minimum atomic E-state index is -0.340. The number of rotatable bonds is 6. The second kappa shape index (κ2) is 10.8. The summed E-state index contributed by atoms with van der Waals surface area (Å²) in [4.78, 5) is 13.5. The molecule has 190 valence electrons. The first-order valence-corrected chi connectivity index (χ1v) is 12.8. The van der Waals surface area contributed by atoms with E-state index in [9.17, 15) is 10.4 Å². The second-order valence-corrected chi connectivity index (χ2v) is 9.86. The number of hydrogen-bond acceptors (Lipinski definition) is 9.